The van der Waals surface area contributed by atoms with Crippen LogP contribution in [0, 0.1) is 5.82 Å². The summed E-state index contributed by atoms with van der Waals surface area (Å²) in [4.78, 5) is 14.4. The van der Waals surface area contributed by atoms with Crippen molar-refractivity contribution >= 4 is 11.7 Å². The van der Waals surface area contributed by atoms with E-state index < -0.39 is 5.82 Å². The van der Waals surface area contributed by atoms with Crippen LogP contribution in [0.4, 0.5) is 10.2 Å². The van der Waals surface area contributed by atoms with Crippen molar-refractivity contribution in [2.75, 3.05) is 18.6 Å². The molecule has 0 aliphatic carbocycles. The van der Waals surface area contributed by atoms with Gasteiger partial charge in [0.2, 0.25) is 5.91 Å². The van der Waals surface area contributed by atoms with Crippen LogP contribution in [0.2, 0.25) is 0 Å². The molecule has 1 aliphatic rings. The molecule has 24 heavy (non-hydrogen) atoms. The van der Waals surface area contributed by atoms with Crippen LogP contribution < -0.4 is 15.0 Å². The summed E-state index contributed by atoms with van der Waals surface area (Å²) in [6.45, 7) is 1.15. The second-order valence-corrected chi connectivity index (χ2v) is 5.88. The quantitative estimate of drug-likeness (QED) is 0.908. The van der Waals surface area contributed by atoms with E-state index in [2.05, 4.69) is 10.4 Å². The number of amides is 1. The molecule has 1 aliphatic heterocycles. The molecule has 0 bridgehead atoms. The van der Waals surface area contributed by atoms with E-state index in [0.717, 1.165) is 18.4 Å². The second kappa shape index (κ2) is 7.00. The third-order valence-electron chi connectivity index (χ3n) is 4.18. The SMILES string of the molecule is COc1cc(CN[C@@H]2CCCN(c3ccn(C)n3)C2=O)ccc1F. The lowest BCUT2D eigenvalue weighted by Crippen LogP contribution is -2.50. The van der Waals surface area contributed by atoms with Crippen molar-refractivity contribution in [1.82, 2.24) is 15.1 Å². The van der Waals surface area contributed by atoms with Gasteiger partial charge in [-0.05, 0) is 30.5 Å². The highest BCUT2D eigenvalue weighted by molar-refractivity contribution is 5.97. The molecule has 2 heterocycles. The fourth-order valence-corrected chi connectivity index (χ4v) is 2.89. The lowest BCUT2D eigenvalue weighted by atomic mass is 10.0. The van der Waals surface area contributed by atoms with Crippen LogP contribution in [0.1, 0.15) is 18.4 Å². The zero-order valence-electron chi connectivity index (χ0n) is 13.8. The third-order valence-corrected chi connectivity index (χ3v) is 4.18. The average Bonchev–Trinajstić information content (AvgIpc) is 3.01. The molecular formula is C17H21FN4O2. The van der Waals surface area contributed by atoms with E-state index in [1.165, 1.54) is 13.2 Å². The van der Waals surface area contributed by atoms with E-state index in [1.807, 2.05) is 19.3 Å². The normalized spacial score (nSPS) is 18.0. The van der Waals surface area contributed by atoms with Gasteiger partial charge in [0.05, 0.1) is 13.2 Å². The number of hydrogen-bond donors (Lipinski definition) is 1. The van der Waals surface area contributed by atoms with Gasteiger partial charge in [0.25, 0.3) is 0 Å². The van der Waals surface area contributed by atoms with E-state index in [9.17, 15) is 9.18 Å². The van der Waals surface area contributed by atoms with E-state index in [-0.39, 0.29) is 17.7 Å². The lowest BCUT2D eigenvalue weighted by molar-refractivity contribution is -0.121. The Morgan fingerprint density at radius 3 is 2.96 bits per heavy atom. The second-order valence-electron chi connectivity index (χ2n) is 5.88. The van der Waals surface area contributed by atoms with E-state index in [4.69, 9.17) is 4.74 Å². The Labute approximate surface area is 140 Å². The van der Waals surface area contributed by atoms with Gasteiger partial charge >= 0.3 is 0 Å². The highest BCUT2D eigenvalue weighted by atomic mass is 19.1. The molecule has 0 radical (unpaired) electrons. The van der Waals surface area contributed by atoms with Gasteiger partial charge in [-0.3, -0.25) is 14.4 Å². The monoisotopic (exact) mass is 332 g/mol. The van der Waals surface area contributed by atoms with Crippen LogP contribution in [0.5, 0.6) is 5.75 Å². The summed E-state index contributed by atoms with van der Waals surface area (Å²) < 4.78 is 20.1. The Bertz CT molecular complexity index is 731. The van der Waals surface area contributed by atoms with Crippen molar-refractivity contribution in [3.63, 3.8) is 0 Å². The predicted molar refractivity (Wildman–Crippen MR) is 88.4 cm³/mol. The molecular weight excluding hydrogens is 311 g/mol. The molecule has 7 heteroatoms. The van der Waals surface area contributed by atoms with Crippen molar-refractivity contribution in [2.45, 2.75) is 25.4 Å². The molecule has 128 valence electrons. The fourth-order valence-electron chi connectivity index (χ4n) is 2.89. The van der Waals surface area contributed by atoms with E-state index >= 15 is 0 Å². The van der Waals surface area contributed by atoms with Gasteiger partial charge in [0.1, 0.15) is 0 Å². The van der Waals surface area contributed by atoms with Crippen molar-refractivity contribution < 1.29 is 13.9 Å². The molecule has 1 N–H and O–H groups in total. The molecule has 1 amide bonds. The smallest absolute Gasteiger partial charge is 0.245 e. The Morgan fingerprint density at radius 2 is 2.25 bits per heavy atom. The van der Waals surface area contributed by atoms with Crippen LogP contribution in [0.3, 0.4) is 0 Å². The van der Waals surface area contributed by atoms with Crippen LogP contribution in [0.15, 0.2) is 30.5 Å². The summed E-state index contributed by atoms with van der Waals surface area (Å²) in [5, 5.41) is 7.57. The summed E-state index contributed by atoms with van der Waals surface area (Å²) in [6, 6.07) is 6.28. The van der Waals surface area contributed by atoms with E-state index in [1.54, 1.807) is 21.7 Å². The van der Waals surface area contributed by atoms with Gasteiger partial charge in [0, 0.05) is 32.4 Å². The number of ether oxygens (including phenoxy) is 1. The minimum atomic E-state index is -0.392. The highest BCUT2D eigenvalue weighted by Crippen LogP contribution is 2.21. The number of carbonyl (C=O) groups is 1. The average molecular weight is 332 g/mol. The molecule has 1 fully saturated rings. The van der Waals surface area contributed by atoms with Gasteiger partial charge in [-0.2, -0.15) is 5.10 Å². The molecule has 6 nitrogen and oxygen atoms in total. The molecule has 0 saturated carbocycles. The predicted octanol–water partition coefficient (Wildman–Crippen LogP) is 1.85. The molecule has 1 atom stereocenters. The molecule has 3 rings (SSSR count). The van der Waals surface area contributed by atoms with Crippen molar-refractivity contribution in [3.8, 4) is 5.75 Å². The summed E-state index contributed by atoms with van der Waals surface area (Å²) in [6.07, 6.45) is 3.51. The summed E-state index contributed by atoms with van der Waals surface area (Å²) in [5.74, 6) is 0.516. The number of carbonyl (C=O) groups excluding carboxylic acids is 1. The number of methoxy groups -OCH3 is 1. The maximum atomic E-state index is 13.5. The van der Waals surface area contributed by atoms with Crippen LogP contribution in [0.25, 0.3) is 0 Å². The number of aromatic nitrogens is 2. The van der Waals surface area contributed by atoms with Gasteiger partial charge in [-0.1, -0.05) is 6.07 Å². The molecule has 2 aromatic rings. The highest BCUT2D eigenvalue weighted by Gasteiger charge is 2.30. The Kier molecular flexibility index (Phi) is 4.80. The number of nitrogens with zero attached hydrogens (tertiary/aromatic N) is 3. The standard InChI is InChI=1S/C17H21FN4O2/c1-21-9-7-16(20-21)22-8-3-4-14(17(22)23)19-11-12-5-6-13(18)15(10-12)24-2/h5-7,9-10,14,19H,3-4,8,11H2,1-2H3/t14-/m1/s1. The Balaban J connectivity index is 1.65. The first-order valence-corrected chi connectivity index (χ1v) is 7.95. The number of aryl methyl sites for hydroxylation is 1. The zero-order chi connectivity index (χ0) is 17.1. The molecule has 0 spiro atoms. The molecule has 1 aromatic heterocycles. The molecule has 1 aromatic carbocycles. The first kappa shape index (κ1) is 16.4. The largest absolute Gasteiger partial charge is 0.494 e. The van der Waals surface area contributed by atoms with Crippen molar-refractivity contribution in [1.29, 1.82) is 0 Å². The van der Waals surface area contributed by atoms with Crippen molar-refractivity contribution in [3.05, 3.63) is 41.8 Å². The number of rotatable bonds is 5. The van der Waals surface area contributed by atoms with Gasteiger partial charge in [0.15, 0.2) is 17.4 Å². The number of hydrogen-bond acceptors (Lipinski definition) is 4. The van der Waals surface area contributed by atoms with Gasteiger partial charge < -0.3 is 10.1 Å². The molecule has 0 unspecified atom stereocenters. The first-order valence-electron chi connectivity index (χ1n) is 7.95. The topological polar surface area (TPSA) is 59.4 Å². The Hall–Kier alpha value is -2.41. The summed E-state index contributed by atoms with van der Waals surface area (Å²) >= 11 is 0. The van der Waals surface area contributed by atoms with Gasteiger partial charge in [-0.25, -0.2) is 4.39 Å². The van der Waals surface area contributed by atoms with E-state index in [0.29, 0.717) is 18.9 Å². The number of piperidine rings is 1. The summed E-state index contributed by atoms with van der Waals surface area (Å²) in [5.41, 5.74) is 0.871. The minimum absolute atomic E-state index is 0.0222. The van der Waals surface area contributed by atoms with Crippen LogP contribution >= 0.6 is 0 Å². The first-order chi connectivity index (χ1) is 11.6. The zero-order valence-corrected chi connectivity index (χ0v) is 13.8. The third kappa shape index (κ3) is 3.41. The maximum Gasteiger partial charge on any atom is 0.245 e. The number of benzene rings is 1. The van der Waals surface area contributed by atoms with Crippen LogP contribution in [-0.2, 0) is 18.4 Å². The number of halogens is 1. The number of anilines is 1. The lowest BCUT2D eigenvalue weighted by Gasteiger charge is -2.31. The minimum Gasteiger partial charge on any atom is -0.494 e. The maximum absolute atomic E-state index is 13.5. The van der Waals surface area contributed by atoms with Gasteiger partial charge in [-0.15, -0.1) is 0 Å². The molecule has 1 saturated heterocycles. The van der Waals surface area contributed by atoms with Crippen LogP contribution in [-0.4, -0.2) is 35.4 Å². The Morgan fingerprint density at radius 1 is 1.42 bits per heavy atom. The summed E-state index contributed by atoms with van der Waals surface area (Å²) in [7, 11) is 3.26. The fraction of sp³-hybridized carbons (Fsp3) is 0.412. The van der Waals surface area contributed by atoms with Crippen molar-refractivity contribution in [2.24, 2.45) is 7.05 Å². The number of nitrogens with one attached hydrogen (secondary N) is 1.